The van der Waals surface area contributed by atoms with Crippen LogP contribution in [-0.4, -0.2) is 34.6 Å². The summed E-state index contributed by atoms with van der Waals surface area (Å²) in [5.74, 6) is 0.351. The fraction of sp³-hybridized carbons (Fsp3) is 0.308. The first kappa shape index (κ1) is 24.1. The molecule has 6 nitrogen and oxygen atoms in total. The zero-order valence-corrected chi connectivity index (χ0v) is 20.1. The molecule has 0 radical (unpaired) electrons. The highest BCUT2D eigenvalue weighted by atomic mass is 35.5. The molecule has 1 N–H and O–H groups in total. The second-order valence-corrected chi connectivity index (χ2v) is 8.61. The highest BCUT2D eigenvalue weighted by molar-refractivity contribution is 6.29. The number of hydrogen-bond acceptors (Lipinski definition) is 5. The number of nitrogens with zero attached hydrogens (tertiary/aromatic N) is 3. The molecule has 0 aliphatic heterocycles. The molecular weight excluding hydrogens is 455 g/mol. The van der Waals surface area contributed by atoms with Crippen LogP contribution in [0.4, 0.5) is 4.39 Å². The smallest absolute Gasteiger partial charge is 0.265 e. The van der Waals surface area contributed by atoms with E-state index < -0.39 is 0 Å². The minimum absolute atomic E-state index is 0.134. The van der Waals surface area contributed by atoms with Crippen molar-refractivity contribution in [3.63, 3.8) is 0 Å². The number of benzene rings is 2. The summed E-state index contributed by atoms with van der Waals surface area (Å²) in [7, 11) is 1.90. The maximum Gasteiger partial charge on any atom is 0.265 e. The van der Waals surface area contributed by atoms with Crippen molar-refractivity contribution in [1.82, 2.24) is 19.8 Å². The monoisotopic (exact) mass is 482 g/mol. The summed E-state index contributed by atoms with van der Waals surface area (Å²) in [6.07, 6.45) is 0.714. The molecule has 2 heterocycles. The number of aromatic nitrogens is 2. The van der Waals surface area contributed by atoms with Gasteiger partial charge in [-0.1, -0.05) is 49.4 Å². The Bertz CT molecular complexity index is 1290. The molecule has 1 atom stereocenters. The van der Waals surface area contributed by atoms with Crippen LogP contribution in [0.5, 0.6) is 0 Å². The molecule has 0 saturated carbocycles. The lowest BCUT2D eigenvalue weighted by molar-refractivity contribution is 0.172. The van der Waals surface area contributed by atoms with Gasteiger partial charge in [-0.25, -0.2) is 4.39 Å². The molecule has 34 heavy (non-hydrogen) atoms. The van der Waals surface area contributed by atoms with Crippen LogP contribution in [0.3, 0.4) is 0 Å². The van der Waals surface area contributed by atoms with Crippen LogP contribution in [-0.2, 0) is 13.1 Å². The van der Waals surface area contributed by atoms with Crippen molar-refractivity contribution >= 4 is 22.7 Å². The molecule has 8 heteroatoms. The zero-order valence-electron chi connectivity index (χ0n) is 19.3. The van der Waals surface area contributed by atoms with Gasteiger partial charge in [0.1, 0.15) is 17.0 Å². The third kappa shape index (κ3) is 5.38. The minimum Gasteiger partial charge on any atom is -0.426 e. The molecule has 0 aliphatic rings. The van der Waals surface area contributed by atoms with Crippen LogP contribution in [0.2, 0.25) is 5.22 Å². The van der Waals surface area contributed by atoms with Crippen molar-refractivity contribution in [2.75, 3.05) is 20.1 Å². The number of likely N-dealkylation sites (N-methyl/N-ethyl adjacent to an activating group) is 1. The Balaban J connectivity index is 1.81. The van der Waals surface area contributed by atoms with Crippen LogP contribution in [0, 0.1) is 5.82 Å². The fourth-order valence-electron chi connectivity index (χ4n) is 4.20. The van der Waals surface area contributed by atoms with Gasteiger partial charge in [0, 0.05) is 25.7 Å². The fourth-order valence-corrected chi connectivity index (χ4v) is 4.39. The lowest BCUT2D eigenvalue weighted by Gasteiger charge is -2.32. The number of rotatable bonds is 10. The highest BCUT2D eigenvalue weighted by Gasteiger charge is 2.26. The first-order valence-electron chi connectivity index (χ1n) is 11.4. The van der Waals surface area contributed by atoms with Gasteiger partial charge >= 0.3 is 0 Å². The lowest BCUT2D eigenvalue weighted by atomic mass is 10.1. The Labute approximate surface area is 203 Å². The predicted octanol–water partition coefficient (Wildman–Crippen LogP) is 5.00. The molecule has 0 saturated heterocycles. The van der Waals surface area contributed by atoms with E-state index >= 15 is 0 Å². The van der Waals surface area contributed by atoms with Crippen molar-refractivity contribution in [3.8, 4) is 0 Å². The summed E-state index contributed by atoms with van der Waals surface area (Å²) in [4.78, 5) is 20.6. The van der Waals surface area contributed by atoms with E-state index in [9.17, 15) is 9.18 Å². The van der Waals surface area contributed by atoms with E-state index in [4.69, 9.17) is 21.0 Å². The third-order valence-corrected chi connectivity index (χ3v) is 6.09. The van der Waals surface area contributed by atoms with Crippen molar-refractivity contribution in [3.05, 3.63) is 99.0 Å². The summed E-state index contributed by atoms with van der Waals surface area (Å²) in [5, 5.41) is 3.69. The molecule has 1 unspecified atom stereocenters. The maximum atomic E-state index is 13.6. The Morgan fingerprint density at radius 3 is 2.56 bits per heavy atom. The molecule has 0 spiro atoms. The number of hydrogen-bond donors (Lipinski definition) is 1. The molecule has 0 aliphatic carbocycles. The van der Waals surface area contributed by atoms with E-state index in [-0.39, 0.29) is 28.4 Å². The first-order valence-corrected chi connectivity index (χ1v) is 11.7. The SMILES string of the molecule is CCC(c1nc2oc(Cl)cc2c(=O)n1Cc1ccccc1)N(CCNC)Cc1ccc(F)cc1. The van der Waals surface area contributed by atoms with Crippen molar-refractivity contribution in [1.29, 1.82) is 0 Å². The molecular formula is C26H28ClFN4O2. The van der Waals surface area contributed by atoms with Gasteiger partial charge in [0.05, 0.1) is 12.6 Å². The first-order chi connectivity index (χ1) is 16.5. The normalized spacial score (nSPS) is 12.5. The van der Waals surface area contributed by atoms with Crippen molar-refractivity contribution in [2.45, 2.75) is 32.5 Å². The number of nitrogens with one attached hydrogen (secondary N) is 1. The average Bonchev–Trinajstić information content (AvgIpc) is 3.22. The molecule has 0 bridgehead atoms. The number of halogens is 2. The van der Waals surface area contributed by atoms with Gasteiger partial charge < -0.3 is 9.73 Å². The minimum atomic E-state index is -0.268. The molecule has 2 aromatic carbocycles. The second kappa shape index (κ2) is 11.0. The average molecular weight is 483 g/mol. The van der Waals surface area contributed by atoms with E-state index in [1.807, 2.05) is 37.4 Å². The van der Waals surface area contributed by atoms with Crippen molar-refractivity contribution < 1.29 is 8.81 Å². The van der Waals surface area contributed by atoms with E-state index in [0.29, 0.717) is 37.3 Å². The third-order valence-electron chi connectivity index (χ3n) is 5.91. The summed E-state index contributed by atoms with van der Waals surface area (Å²) in [6, 6.07) is 17.7. The van der Waals surface area contributed by atoms with Gasteiger partial charge in [-0.2, -0.15) is 4.98 Å². The van der Waals surface area contributed by atoms with Crippen LogP contribution in [0.1, 0.15) is 36.3 Å². The standard InChI is InChI=1S/C26H28ClFN4O2/c1-3-22(31(14-13-29-2)16-19-9-11-20(28)12-10-19)24-30-25-21(15-23(27)34-25)26(33)32(24)17-18-7-5-4-6-8-18/h4-12,15,22,29H,3,13-14,16-17H2,1-2H3. The van der Waals surface area contributed by atoms with Crippen LogP contribution in [0.15, 0.2) is 69.9 Å². The Kier molecular flexibility index (Phi) is 7.77. The summed E-state index contributed by atoms with van der Waals surface area (Å²) in [6.45, 7) is 4.49. The maximum absolute atomic E-state index is 13.6. The van der Waals surface area contributed by atoms with E-state index in [0.717, 1.165) is 17.7 Å². The molecule has 4 rings (SSSR count). The van der Waals surface area contributed by atoms with Crippen LogP contribution in [0.25, 0.3) is 11.1 Å². The highest BCUT2D eigenvalue weighted by Crippen LogP contribution is 2.27. The van der Waals surface area contributed by atoms with Crippen LogP contribution < -0.4 is 10.9 Å². The van der Waals surface area contributed by atoms with Gasteiger partial charge in [0.25, 0.3) is 5.56 Å². The van der Waals surface area contributed by atoms with E-state index in [2.05, 4.69) is 17.1 Å². The molecule has 178 valence electrons. The lowest BCUT2D eigenvalue weighted by Crippen LogP contribution is -2.38. The summed E-state index contributed by atoms with van der Waals surface area (Å²) < 4.78 is 20.7. The molecule has 2 aromatic heterocycles. The zero-order chi connectivity index (χ0) is 24.1. The van der Waals surface area contributed by atoms with Crippen molar-refractivity contribution in [2.24, 2.45) is 0 Å². The van der Waals surface area contributed by atoms with E-state index in [1.165, 1.54) is 18.2 Å². The predicted molar refractivity (Wildman–Crippen MR) is 133 cm³/mol. The van der Waals surface area contributed by atoms with Gasteiger partial charge in [0.15, 0.2) is 5.22 Å². The second-order valence-electron chi connectivity index (χ2n) is 8.24. The Hall–Kier alpha value is -3.00. The van der Waals surface area contributed by atoms with Gasteiger partial charge in [-0.05, 0) is 48.3 Å². The van der Waals surface area contributed by atoms with Crippen LogP contribution >= 0.6 is 11.6 Å². The Morgan fingerprint density at radius 1 is 1.15 bits per heavy atom. The van der Waals surface area contributed by atoms with E-state index in [1.54, 1.807) is 16.7 Å². The molecule has 0 amide bonds. The Morgan fingerprint density at radius 2 is 1.88 bits per heavy atom. The van der Waals surface area contributed by atoms with Gasteiger partial charge in [-0.3, -0.25) is 14.3 Å². The quantitative estimate of drug-likeness (QED) is 0.344. The topological polar surface area (TPSA) is 63.3 Å². The summed E-state index contributed by atoms with van der Waals surface area (Å²) in [5.41, 5.74) is 2.03. The summed E-state index contributed by atoms with van der Waals surface area (Å²) >= 11 is 6.08. The van der Waals surface area contributed by atoms with Gasteiger partial charge in [0.2, 0.25) is 5.71 Å². The number of furan rings is 1. The van der Waals surface area contributed by atoms with Gasteiger partial charge in [-0.15, -0.1) is 0 Å². The number of fused-ring (bicyclic) bond motifs is 1. The largest absolute Gasteiger partial charge is 0.426 e. The molecule has 4 aromatic rings. The molecule has 0 fully saturated rings.